The number of ether oxygens (including phenoxy) is 1. The number of amides is 1. The van der Waals surface area contributed by atoms with Crippen LogP contribution in [0.15, 0.2) is 12.2 Å². The Labute approximate surface area is 116 Å². The summed E-state index contributed by atoms with van der Waals surface area (Å²) in [4.78, 5) is 23.2. The summed E-state index contributed by atoms with van der Waals surface area (Å²) < 4.78 is 4.92. The molecule has 0 saturated carbocycles. The molecule has 110 valence electrons. The Morgan fingerprint density at radius 1 is 1.21 bits per heavy atom. The van der Waals surface area contributed by atoms with E-state index in [2.05, 4.69) is 25.7 Å². The fraction of sp³-hybridized carbons (Fsp3) is 0.733. The lowest BCUT2D eigenvalue weighted by Crippen LogP contribution is -2.36. The molecule has 0 aromatic rings. The topological polar surface area (TPSA) is 55.4 Å². The predicted octanol–water partition coefficient (Wildman–Crippen LogP) is 2.54. The van der Waals surface area contributed by atoms with Gasteiger partial charge in [-0.2, -0.15) is 0 Å². The number of hydrogen-bond acceptors (Lipinski definition) is 3. The van der Waals surface area contributed by atoms with Crippen LogP contribution in [0.3, 0.4) is 0 Å². The maximum Gasteiger partial charge on any atom is 0.333 e. The van der Waals surface area contributed by atoms with Crippen LogP contribution in [0.1, 0.15) is 41.0 Å². The molecule has 0 bridgehead atoms. The largest absolute Gasteiger partial charge is 0.460 e. The van der Waals surface area contributed by atoms with Crippen molar-refractivity contribution >= 4 is 11.9 Å². The summed E-state index contributed by atoms with van der Waals surface area (Å²) in [6, 6.07) is 0. The van der Waals surface area contributed by atoms with Crippen LogP contribution in [0.4, 0.5) is 0 Å². The minimum atomic E-state index is -0.420. The Morgan fingerprint density at radius 2 is 1.79 bits per heavy atom. The number of hydrogen-bond donors (Lipinski definition) is 1. The van der Waals surface area contributed by atoms with Gasteiger partial charge in [0.25, 0.3) is 0 Å². The Kier molecular flexibility index (Phi) is 8.12. The van der Waals surface area contributed by atoms with E-state index >= 15 is 0 Å². The normalized spacial score (nSPS) is 12.4. The van der Waals surface area contributed by atoms with E-state index < -0.39 is 5.97 Å². The van der Waals surface area contributed by atoms with Crippen molar-refractivity contribution in [2.75, 3.05) is 13.2 Å². The molecule has 4 nitrogen and oxygen atoms in total. The highest BCUT2D eigenvalue weighted by Gasteiger charge is 2.22. The summed E-state index contributed by atoms with van der Waals surface area (Å²) in [5.74, 6) is 0.420. The zero-order valence-electron chi connectivity index (χ0n) is 12.8. The third-order valence-corrected chi connectivity index (χ3v) is 2.85. The molecule has 1 atom stereocenters. The van der Waals surface area contributed by atoms with E-state index in [0.717, 1.165) is 6.42 Å². The van der Waals surface area contributed by atoms with Gasteiger partial charge in [0.1, 0.15) is 6.61 Å². The first kappa shape index (κ1) is 17.7. The molecule has 0 aliphatic heterocycles. The highest BCUT2D eigenvalue weighted by molar-refractivity contribution is 5.87. The van der Waals surface area contributed by atoms with Gasteiger partial charge < -0.3 is 10.1 Å². The maximum atomic E-state index is 12.0. The summed E-state index contributed by atoms with van der Waals surface area (Å²) in [6.45, 7) is 13.9. The fourth-order valence-corrected chi connectivity index (χ4v) is 1.76. The Balaban J connectivity index is 4.07. The van der Waals surface area contributed by atoms with Crippen LogP contribution in [0.5, 0.6) is 0 Å². The van der Waals surface area contributed by atoms with E-state index in [4.69, 9.17) is 4.74 Å². The lowest BCUT2D eigenvalue weighted by atomic mass is 9.87. The number of nitrogens with one attached hydrogen (secondary N) is 1. The fourth-order valence-electron chi connectivity index (χ4n) is 1.76. The highest BCUT2D eigenvalue weighted by atomic mass is 16.5. The van der Waals surface area contributed by atoms with Gasteiger partial charge in [0, 0.05) is 11.5 Å². The Hall–Kier alpha value is -1.32. The van der Waals surface area contributed by atoms with Crippen LogP contribution < -0.4 is 5.32 Å². The first-order valence-corrected chi connectivity index (χ1v) is 6.86. The highest BCUT2D eigenvalue weighted by Crippen LogP contribution is 2.20. The summed E-state index contributed by atoms with van der Waals surface area (Å²) in [5.41, 5.74) is 0.367. The Bertz CT molecular complexity index is 321. The standard InChI is InChI=1S/C15H27NO3/c1-10(2)9-13(11(3)4)14(17)16-7-8-19-15(18)12(5)6/h10-11,13H,5,7-9H2,1-4,6H3,(H,16,17). The molecular formula is C15H27NO3. The second-order valence-corrected chi connectivity index (χ2v) is 5.69. The van der Waals surface area contributed by atoms with Crippen LogP contribution in [-0.2, 0) is 14.3 Å². The molecule has 1 unspecified atom stereocenters. The molecule has 1 N–H and O–H groups in total. The molecule has 1 amide bonds. The third kappa shape index (κ3) is 7.65. The molecule has 4 heteroatoms. The van der Waals surface area contributed by atoms with Crippen LogP contribution in [0.25, 0.3) is 0 Å². The zero-order chi connectivity index (χ0) is 15.0. The van der Waals surface area contributed by atoms with Gasteiger partial charge in [0.2, 0.25) is 5.91 Å². The predicted molar refractivity (Wildman–Crippen MR) is 76.6 cm³/mol. The molecular weight excluding hydrogens is 242 g/mol. The Morgan fingerprint density at radius 3 is 2.21 bits per heavy atom. The lowest BCUT2D eigenvalue weighted by Gasteiger charge is -2.22. The van der Waals surface area contributed by atoms with Crippen molar-refractivity contribution in [3.05, 3.63) is 12.2 Å². The molecule has 0 spiro atoms. The first-order chi connectivity index (χ1) is 8.75. The van der Waals surface area contributed by atoms with Gasteiger partial charge in [-0.3, -0.25) is 4.79 Å². The zero-order valence-corrected chi connectivity index (χ0v) is 12.8. The molecule has 0 heterocycles. The van der Waals surface area contributed by atoms with Gasteiger partial charge in [-0.15, -0.1) is 0 Å². The van der Waals surface area contributed by atoms with Gasteiger partial charge in [-0.25, -0.2) is 4.79 Å². The van der Waals surface area contributed by atoms with Gasteiger partial charge in [0.15, 0.2) is 0 Å². The van der Waals surface area contributed by atoms with Crippen LogP contribution >= 0.6 is 0 Å². The van der Waals surface area contributed by atoms with Crippen LogP contribution in [0, 0.1) is 17.8 Å². The van der Waals surface area contributed by atoms with Crippen molar-refractivity contribution in [2.24, 2.45) is 17.8 Å². The molecule has 0 saturated heterocycles. The van der Waals surface area contributed by atoms with Crippen molar-refractivity contribution in [2.45, 2.75) is 41.0 Å². The smallest absolute Gasteiger partial charge is 0.333 e. The molecule has 0 rings (SSSR count). The number of carbonyl (C=O) groups is 2. The minimum Gasteiger partial charge on any atom is -0.460 e. The summed E-state index contributed by atoms with van der Waals surface area (Å²) in [5, 5.41) is 2.82. The van der Waals surface area contributed by atoms with Gasteiger partial charge in [0.05, 0.1) is 6.54 Å². The van der Waals surface area contributed by atoms with E-state index in [1.807, 2.05) is 13.8 Å². The monoisotopic (exact) mass is 269 g/mol. The molecule has 0 aromatic carbocycles. The van der Waals surface area contributed by atoms with Crippen LogP contribution in [0.2, 0.25) is 0 Å². The van der Waals surface area contributed by atoms with E-state index in [1.165, 1.54) is 0 Å². The van der Waals surface area contributed by atoms with E-state index in [1.54, 1.807) is 6.92 Å². The minimum absolute atomic E-state index is 0.0110. The van der Waals surface area contributed by atoms with Gasteiger partial charge >= 0.3 is 5.97 Å². The number of esters is 1. The number of rotatable bonds is 8. The summed E-state index contributed by atoms with van der Waals surface area (Å²) in [7, 11) is 0. The molecule has 19 heavy (non-hydrogen) atoms. The average molecular weight is 269 g/mol. The van der Waals surface area contributed by atoms with Gasteiger partial charge in [-0.1, -0.05) is 34.3 Å². The second-order valence-electron chi connectivity index (χ2n) is 5.69. The number of carbonyl (C=O) groups excluding carboxylic acids is 2. The van der Waals surface area contributed by atoms with E-state index in [-0.39, 0.29) is 18.4 Å². The summed E-state index contributed by atoms with van der Waals surface area (Å²) >= 11 is 0. The summed E-state index contributed by atoms with van der Waals surface area (Å²) in [6.07, 6.45) is 0.870. The van der Waals surface area contributed by atoms with Crippen molar-refractivity contribution in [3.8, 4) is 0 Å². The molecule has 0 radical (unpaired) electrons. The van der Waals surface area contributed by atoms with E-state index in [0.29, 0.717) is 24.0 Å². The first-order valence-electron chi connectivity index (χ1n) is 6.86. The molecule has 0 fully saturated rings. The van der Waals surface area contributed by atoms with Gasteiger partial charge in [-0.05, 0) is 25.2 Å². The maximum absolute atomic E-state index is 12.0. The molecule has 0 aliphatic rings. The van der Waals surface area contributed by atoms with E-state index in [9.17, 15) is 9.59 Å². The van der Waals surface area contributed by atoms with Crippen molar-refractivity contribution < 1.29 is 14.3 Å². The quantitative estimate of drug-likeness (QED) is 0.418. The third-order valence-electron chi connectivity index (χ3n) is 2.85. The van der Waals surface area contributed by atoms with Crippen molar-refractivity contribution in [1.29, 1.82) is 0 Å². The average Bonchev–Trinajstić information content (AvgIpc) is 2.30. The SMILES string of the molecule is C=C(C)C(=O)OCCNC(=O)C(CC(C)C)C(C)C. The second kappa shape index (κ2) is 8.73. The van der Waals surface area contributed by atoms with Crippen molar-refractivity contribution in [1.82, 2.24) is 5.32 Å². The van der Waals surface area contributed by atoms with Crippen molar-refractivity contribution in [3.63, 3.8) is 0 Å². The molecule has 0 aromatic heterocycles. The van der Waals surface area contributed by atoms with Crippen LogP contribution in [-0.4, -0.2) is 25.0 Å². The lowest BCUT2D eigenvalue weighted by molar-refractivity contribution is -0.139. The molecule has 0 aliphatic carbocycles.